The van der Waals surface area contributed by atoms with Crippen molar-refractivity contribution in [3.63, 3.8) is 0 Å². The highest BCUT2D eigenvalue weighted by Gasteiger charge is 2.18. The van der Waals surface area contributed by atoms with Crippen LogP contribution in [0.2, 0.25) is 0 Å². The van der Waals surface area contributed by atoms with Crippen LogP contribution in [0.1, 0.15) is 5.56 Å². The summed E-state index contributed by atoms with van der Waals surface area (Å²) in [6.07, 6.45) is 0. The first-order valence-electron chi connectivity index (χ1n) is 5.54. The highest BCUT2D eigenvalue weighted by molar-refractivity contribution is 7.92. The molecule has 0 spiro atoms. The number of nitrogens with two attached hydrogens (primary N) is 1. The van der Waals surface area contributed by atoms with Gasteiger partial charge < -0.3 is 5.73 Å². The van der Waals surface area contributed by atoms with Gasteiger partial charge in [-0.3, -0.25) is 4.72 Å². The molecule has 0 amide bonds. The monoisotopic (exact) mass is 280 g/mol. The molecule has 4 nitrogen and oxygen atoms in total. The summed E-state index contributed by atoms with van der Waals surface area (Å²) < 4.78 is 40.1. The fourth-order valence-electron chi connectivity index (χ4n) is 1.64. The Morgan fingerprint density at radius 1 is 1.11 bits per heavy atom. The minimum atomic E-state index is -3.82. The average molecular weight is 280 g/mol. The first-order valence-corrected chi connectivity index (χ1v) is 7.02. The van der Waals surface area contributed by atoms with E-state index < -0.39 is 15.8 Å². The summed E-state index contributed by atoms with van der Waals surface area (Å²) in [7, 11) is -3.82. The van der Waals surface area contributed by atoms with Gasteiger partial charge in [-0.2, -0.15) is 0 Å². The SMILES string of the molecule is Cc1c(F)cccc1NS(=O)(=O)c1ccccc1N. The molecule has 100 valence electrons. The fourth-order valence-corrected chi connectivity index (χ4v) is 2.90. The van der Waals surface area contributed by atoms with Crippen molar-refractivity contribution in [2.45, 2.75) is 11.8 Å². The summed E-state index contributed by atoms with van der Waals surface area (Å²) in [5.74, 6) is -0.471. The van der Waals surface area contributed by atoms with E-state index in [0.29, 0.717) is 0 Å². The lowest BCUT2D eigenvalue weighted by molar-refractivity contribution is 0.601. The van der Waals surface area contributed by atoms with Gasteiger partial charge in [0.05, 0.1) is 11.4 Å². The largest absolute Gasteiger partial charge is 0.398 e. The Kier molecular flexibility index (Phi) is 3.44. The van der Waals surface area contributed by atoms with E-state index in [1.54, 1.807) is 12.1 Å². The summed E-state index contributed by atoms with van der Waals surface area (Å²) in [6.45, 7) is 1.50. The van der Waals surface area contributed by atoms with Crippen LogP contribution < -0.4 is 10.5 Å². The lowest BCUT2D eigenvalue weighted by atomic mass is 10.2. The van der Waals surface area contributed by atoms with Gasteiger partial charge in [-0.1, -0.05) is 18.2 Å². The number of nitrogen functional groups attached to an aromatic ring is 1. The predicted molar refractivity (Wildman–Crippen MR) is 72.8 cm³/mol. The van der Waals surface area contributed by atoms with Gasteiger partial charge in [0.2, 0.25) is 0 Å². The molecule has 0 radical (unpaired) electrons. The van der Waals surface area contributed by atoms with Crippen molar-refractivity contribution in [3.8, 4) is 0 Å². The molecule has 0 unspecified atom stereocenters. The molecule has 0 heterocycles. The van der Waals surface area contributed by atoms with Crippen LogP contribution >= 0.6 is 0 Å². The van der Waals surface area contributed by atoms with E-state index in [1.165, 1.54) is 37.3 Å². The molecule has 0 aliphatic heterocycles. The number of benzene rings is 2. The predicted octanol–water partition coefficient (Wildman–Crippen LogP) is 2.52. The van der Waals surface area contributed by atoms with E-state index in [9.17, 15) is 12.8 Å². The quantitative estimate of drug-likeness (QED) is 0.848. The number of halogens is 1. The molecule has 6 heteroatoms. The number of nitrogens with one attached hydrogen (secondary N) is 1. The summed E-state index contributed by atoms with van der Waals surface area (Å²) in [4.78, 5) is -0.0290. The highest BCUT2D eigenvalue weighted by Crippen LogP contribution is 2.24. The maximum atomic E-state index is 13.4. The second kappa shape index (κ2) is 4.89. The molecule has 19 heavy (non-hydrogen) atoms. The van der Waals surface area contributed by atoms with Gasteiger partial charge in [0.1, 0.15) is 10.7 Å². The third-order valence-electron chi connectivity index (χ3n) is 2.72. The molecule has 0 saturated carbocycles. The topological polar surface area (TPSA) is 72.2 Å². The van der Waals surface area contributed by atoms with Crippen LogP contribution in [0.3, 0.4) is 0 Å². The van der Waals surface area contributed by atoms with E-state index in [2.05, 4.69) is 4.72 Å². The summed E-state index contributed by atoms with van der Waals surface area (Å²) in [6, 6.07) is 10.3. The van der Waals surface area contributed by atoms with Crippen LogP contribution in [0.25, 0.3) is 0 Å². The Labute approximate surface area is 111 Å². The number of sulfonamides is 1. The average Bonchev–Trinajstić information content (AvgIpc) is 2.35. The first kappa shape index (κ1) is 13.4. The van der Waals surface area contributed by atoms with E-state index in [4.69, 9.17) is 5.73 Å². The van der Waals surface area contributed by atoms with Crippen LogP contribution in [0, 0.1) is 12.7 Å². The molecule has 0 aromatic heterocycles. The van der Waals surface area contributed by atoms with Crippen molar-refractivity contribution in [1.29, 1.82) is 0 Å². The van der Waals surface area contributed by atoms with Crippen molar-refractivity contribution in [2.75, 3.05) is 10.5 Å². The normalized spacial score (nSPS) is 11.3. The molecular formula is C13H13FN2O2S. The number of anilines is 2. The molecular weight excluding hydrogens is 267 g/mol. The summed E-state index contributed by atoms with van der Waals surface area (Å²) in [5, 5.41) is 0. The molecule has 3 N–H and O–H groups in total. The van der Waals surface area contributed by atoms with Gasteiger partial charge in [0.15, 0.2) is 0 Å². The molecule has 0 atom stereocenters. The number of hydrogen-bond acceptors (Lipinski definition) is 3. The van der Waals surface area contributed by atoms with E-state index in [-0.39, 0.29) is 21.8 Å². The van der Waals surface area contributed by atoms with E-state index >= 15 is 0 Å². The molecule has 0 saturated heterocycles. The Hall–Kier alpha value is -2.08. The van der Waals surface area contributed by atoms with Crippen molar-refractivity contribution >= 4 is 21.4 Å². The van der Waals surface area contributed by atoms with Gasteiger partial charge in [-0.05, 0) is 31.2 Å². The number of para-hydroxylation sites is 1. The third-order valence-corrected chi connectivity index (χ3v) is 4.16. The lowest BCUT2D eigenvalue weighted by Crippen LogP contribution is -2.15. The van der Waals surface area contributed by atoms with E-state index in [0.717, 1.165) is 0 Å². The second-order valence-corrected chi connectivity index (χ2v) is 5.71. The summed E-state index contributed by atoms with van der Waals surface area (Å²) >= 11 is 0. The molecule has 2 aromatic carbocycles. The zero-order chi connectivity index (χ0) is 14.0. The molecule has 2 aromatic rings. The summed E-state index contributed by atoms with van der Waals surface area (Å²) in [5.41, 5.74) is 6.21. The Balaban J connectivity index is 2.43. The van der Waals surface area contributed by atoms with Crippen LogP contribution in [-0.4, -0.2) is 8.42 Å². The number of hydrogen-bond donors (Lipinski definition) is 2. The molecule has 0 fully saturated rings. The zero-order valence-corrected chi connectivity index (χ0v) is 11.0. The van der Waals surface area contributed by atoms with Crippen molar-refractivity contribution in [3.05, 3.63) is 53.8 Å². The molecule has 2 rings (SSSR count). The smallest absolute Gasteiger partial charge is 0.263 e. The Morgan fingerprint density at radius 3 is 2.47 bits per heavy atom. The second-order valence-electron chi connectivity index (χ2n) is 4.06. The van der Waals surface area contributed by atoms with E-state index in [1.807, 2.05) is 0 Å². The molecule has 0 bridgehead atoms. The fraction of sp³-hybridized carbons (Fsp3) is 0.0769. The zero-order valence-electron chi connectivity index (χ0n) is 10.2. The molecule has 0 aliphatic rings. The van der Waals surface area contributed by atoms with Crippen molar-refractivity contribution < 1.29 is 12.8 Å². The Morgan fingerprint density at radius 2 is 1.79 bits per heavy atom. The maximum Gasteiger partial charge on any atom is 0.263 e. The van der Waals surface area contributed by atoms with Gasteiger partial charge in [-0.25, -0.2) is 12.8 Å². The highest BCUT2D eigenvalue weighted by atomic mass is 32.2. The first-order chi connectivity index (χ1) is 8.92. The van der Waals surface area contributed by atoms with Gasteiger partial charge in [0, 0.05) is 5.56 Å². The molecule has 0 aliphatic carbocycles. The van der Waals surface area contributed by atoms with Crippen LogP contribution in [0.5, 0.6) is 0 Å². The van der Waals surface area contributed by atoms with Gasteiger partial charge in [-0.15, -0.1) is 0 Å². The lowest BCUT2D eigenvalue weighted by Gasteiger charge is -2.12. The minimum absolute atomic E-state index is 0.0290. The van der Waals surface area contributed by atoms with Crippen LogP contribution in [0.15, 0.2) is 47.4 Å². The Bertz CT molecular complexity index is 714. The van der Waals surface area contributed by atoms with Crippen molar-refractivity contribution in [2.24, 2.45) is 0 Å². The van der Waals surface area contributed by atoms with Gasteiger partial charge in [0.25, 0.3) is 10.0 Å². The maximum absolute atomic E-state index is 13.4. The standard InChI is InChI=1S/C13H13FN2O2S/c1-9-10(14)5-4-7-12(9)16-19(17,18)13-8-3-2-6-11(13)15/h2-8,16H,15H2,1H3. The van der Waals surface area contributed by atoms with Crippen LogP contribution in [-0.2, 0) is 10.0 Å². The number of rotatable bonds is 3. The van der Waals surface area contributed by atoms with Crippen LogP contribution in [0.4, 0.5) is 15.8 Å². The minimum Gasteiger partial charge on any atom is -0.398 e. The van der Waals surface area contributed by atoms with Gasteiger partial charge >= 0.3 is 0 Å². The third kappa shape index (κ3) is 2.68. The van der Waals surface area contributed by atoms with Crippen molar-refractivity contribution in [1.82, 2.24) is 0 Å².